The number of nitrogens with zero attached hydrogens (tertiary/aromatic N) is 1. The number of carbonyl (C=O) groups is 2. The van der Waals surface area contributed by atoms with Gasteiger partial charge in [0.05, 0.1) is 6.54 Å². The van der Waals surface area contributed by atoms with Crippen LogP contribution in [-0.4, -0.2) is 42.3 Å². The molecule has 3 aliphatic rings. The van der Waals surface area contributed by atoms with Crippen molar-refractivity contribution in [2.45, 2.75) is 38.3 Å². The molecule has 1 aromatic rings. The van der Waals surface area contributed by atoms with E-state index in [9.17, 15) is 9.59 Å². The second-order valence-electron chi connectivity index (χ2n) is 6.86. The van der Waals surface area contributed by atoms with Gasteiger partial charge in [0.25, 0.3) is 5.91 Å². The predicted molar refractivity (Wildman–Crippen MR) is 90.3 cm³/mol. The van der Waals surface area contributed by atoms with Gasteiger partial charge in [-0.15, -0.1) is 0 Å². The number of imide groups is 1. The van der Waals surface area contributed by atoms with Crippen LogP contribution in [0.15, 0.2) is 18.2 Å². The molecule has 3 aliphatic heterocycles. The largest absolute Gasteiger partial charge is 0.454 e. The van der Waals surface area contributed by atoms with Crippen LogP contribution < -0.4 is 20.1 Å². The number of amides is 3. The zero-order valence-electron chi connectivity index (χ0n) is 14.3. The van der Waals surface area contributed by atoms with Crippen molar-refractivity contribution in [1.29, 1.82) is 0 Å². The fourth-order valence-electron chi connectivity index (χ4n) is 4.13. The smallest absolute Gasteiger partial charge is 0.325 e. The molecule has 0 bridgehead atoms. The number of urea groups is 1. The van der Waals surface area contributed by atoms with Crippen molar-refractivity contribution in [1.82, 2.24) is 15.5 Å². The van der Waals surface area contributed by atoms with Crippen LogP contribution in [0.25, 0.3) is 0 Å². The molecule has 134 valence electrons. The molecule has 2 N–H and O–H groups in total. The second-order valence-corrected chi connectivity index (χ2v) is 6.86. The molecule has 1 unspecified atom stereocenters. The van der Waals surface area contributed by atoms with E-state index in [2.05, 4.69) is 10.6 Å². The van der Waals surface area contributed by atoms with Gasteiger partial charge in [0.1, 0.15) is 5.54 Å². The Hall–Kier alpha value is -2.28. The maximum absolute atomic E-state index is 13.2. The SMILES string of the molecule is CCC1(C2CCNCC2)NC(=O)N(Cc2ccc3c(c2)OCO3)C1=O. The molecule has 3 heterocycles. The van der Waals surface area contributed by atoms with Crippen LogP contribution in [0.1, 0.15) is 31.7 Å². The first kappa shape index (κ1) is 16.2. The number of benzene rings is 1. The molecule has 25 heavy (non-hydrogen) atoms. The van der Waals surface area contributed by atoms with E-state index in [1.807, 2.05) is 25.1 Å². The topological polar surface area (TPSA) is 79.9 Å². The number of rotatable bonds is 4. The van der Waals surface area contributed by atoms with Crippen molar-refractivity contribution < 1.29 is 19.1 Å². The van der Waals surface area contributed by atoms with Crippen LogP contribution in [0.2, 0.25) is 0 Å². The van der Waals surface area contributed by atoms with Crippen LogP contribution in [-0.2, 0) is 11.3 Å². The number of piperidine rings is 1. The van der Waals surface area contributed by atoms with Crippen molar-refractivity contribution in [2.24, 2.45) is 5.92 Å². The highest BCUT2D eigenvalue weighted by atomic mass is 16.7. The molecule has 7 nitrogen and oxygen atoms in total. The summed E-state index contributed by atoms with van der Waals surface area (Å²) in [5, 5.41) is 6.33. The molecule has 0 spiro atoms. The predicted octanol–water partition coefficient (Wildman–Crippen LogP) is 1.62. The third-order valence-corrected chi connectivity index (χ3v) is 5.57. The lowest BCUT2D eigenvalue weighted by Gasteiger charge is -2.37. The number of hydrogen-bond donors (Lipinski definition) is 2. The van der Waals surface area contributed by atoms with Crippen molar-refractivity contribution >= 4 is 11.9 Å². The van der Waals surface area contributed by atoms with Crippen LogP contribution in [0.3, 0.4) is 0 Å². The highest BCUT2D eigenvalue weighted by Gasteiger charge is 2.54. The Labute approximate surface area is 146 Å². The molecule has 0 aliphatic carbocycles. The third-order valence-electron chi connectivity index (χ3n) is 5.57. The Morgan fingerprint density at radius 3 is 2.72 bits per heavy atom. The van der Waals surface area contributed by atoms with Gasteiger partial charge in [-0.1, -0.05) is 13.0 Å². The molecule has 1 aromatic carbocycles. The van der Waals surface area contributed by atoms with E-state index in [0.29, 0.717) is 17.9 Å². The van der Waals surface area contributed by atoms with Gasteiger partial charge in [0.2, 0.25) is 6.79 Å². The van der Waals surface area contributed by atoms with Crippen LogP contribution in [0.4, 0.5) is 4.79 Å². The maximum atomic E-state index is 13.2. The van der Waals surface area contributed by atoms with E-state index in [1.54, 1.807) is 0 Å². The quantitative estimate of drug-likeness (QED) is 0.811. The highest BCUT2D eigenvalue weighted by molar-refractivity contribution is 6.07. The van der Waals surface area contributed by atoms with Gasteiger partial charge in [0, 0.05) is 0 Å². The van der Waals surface area contributed by atoms with Crippen LogP contribution in [0.5, 0.6) is 11.5 Å². The molecule has 0 radical (unpaired) electrons. The Morgan fingerprint density at radius 1 is 1.20 bits per heavy atom. The van der Waals surface area contributed by atoms with Crippen molar-refractivity contribution in [3.63, 3.8) is 0 Å². The Bertz CT molecular complexity index is 702. The number of fused-ring (bicyclic) bond motifs is 1. The lowest BCUT2D eigenvalue weighted by atomic mass is 9.76. The minimum Gasteiger partial charge on any atom is -0.454 e. The molecule has 2 fully saturated rings. The molecular weight excluding hydrogens is 322 g/mol. The molecular formula is C18H23N3O4. The Kier molecular flexibility index (Phi) is 4.03. The number of hydrogen-bond acceptors (Lipinski definition) is 5. The fraction of sp³-hybridized carbons (Fsp3) is 0.556. The lowest BCUT2D eigenvalue weighted by molar-refractivity contribution is -0.134. The Balaban J connectivity index is 1.56. The summed E-state index contributed by atoms with van der Waals surface area (Å²) in [5.74, 6) is 1.42. The minimum atomic E-state index is -0.768. The summed E-state index contributed by atoms with van der Waals surface area (Å²) in [6, 6.07) is 5.21. The maximum Gasteiger partial charge on any atom is 0.325 e. The van der Waals surface area contributed by atoms with Crippen molar-refractivity contribution in [3.8, 4) is 11.5 Å². The summed E-state index contributed by atoms with van der Waals surface area (Å²) >= 11 is 0. The van der Waals surface area contributed by atoms with Crippen molar-refractivity contribution in [2.75, 3.05) is 19.9 Å². The van der Waals surface area contributed by atoms with E-state index in [1.165, 1.54) is 4.90 Å². The average molecular weight is 345 g/mol. The summed E-state index contributed by atoms with van der Waals surface area (Å²) in [7, 11) is 0. The van der Waals surface area contributed by atoms with Gasteiger partial charge in [-0.2, -0.15) is 0 Å². The number of nitrogens with one attached hydrogen (secondary N) is 2. The molecule has 3 amide bonds. The number of ether oxygens (including phenoxy) is 2. The van der Waals surface area contributed by atoms with Gasteiger partial charge in [-0.05, 0) is 56.0 Å². The van der Waals surface area contributed by atoms with E-state index >= 15 is 0 Å². The highest BCUT2D eigenvalue weighted by Crippen LogP contribution is 2.37. The zero-order valence-corrected chi connectivity index (χ0v) is 14.3. The molecule has 0 aromatic heterocycles. The van der Waals surface area contributed by atoms with Crippen LogP contribution in [0, 0.1) is 5.92 Å². The van der Waals surface area contributed by atoms with Crippen LogP contribution >= 0.6 is 0 Å². The summed E-state index contributed by atoms with van der Waals surface area (Å²) in [6.07, 6.45) is 2.41. The monoisotopic (exact) mass is 345 g/mol. The van der Waals surface area contributed by atoms with Gasteiger partial charge < -0.3 is 20.1 Å². The first-order chi connectivity index (χ1) is 12.1. The van der Waals surface area contributed by atoms with E-state index < -0.39 is 5.54 Å². The Morgan fingerprint density at radius 2 is 1.96 bits per heavy atom. The average Bonchev–Trinajstić information content (AvgIpc) is 3.20. The molecule has 0 saturated carbocycles. The van der Waals surface area contributed by atoms with Gasteiger partial charge in [-0.3, -0.25) is 9.69 Å². The normalized spacial score (nSPS) is 26.2. The fourth-order valence-corrected chi connectivity index (χ4v) is 4.13. The molecule has 2 saturated heterocycles. The summed E-state index contributed by atoms with van der Waals surface area (Å²) in [5.41, 5.74) is 0.0835. The summed E-state index contributed by atoms with van der Waals surface area (Å²) < 4.78 is 10.7. The van der Waals surface area contributed by atoms with Gasteiger partial charge >= 0.3 is 6.03 Å². The summed E-state index contributed by atoms with van der Waals surface area (Å²) in [4.78, 5) is 27.1. The van der Waals surface area contributed by atoms with E-state index in [0.717, 1.165) is 31.5 Å². The molecule has 7 heteroatoms. The standard InChI is InChI=1S/C18H23N3O4/c1-2-18(13-5-7-19-8-6-13)16(22)21(17(23)20-18)10-12-3-4-14-15(9-12)25-11-24-14/h3-4,9,13,19H,2,5-8,10-11H2,1H3,(H,20,23). The minimum absolute atomic E-state index is 0.107. The second kappa shape index (κ2) is 6.22. The first-order valence-corrected chi connectivity index (χ1v) is 8.87. The zero-order chi connectivity index (χ0) is 17.4. The van der Waals surface area contributed by atoms with Gasteiger partial charge in [-0.25, -0.2) is 4.79 Å². The first-order valence-electron chi connectivity index (χ1n) is 8.87. The third kappa shape index (κ3) is 2.63. The van der Waals surface area contributed by atoms with E-state index in [4.69, 9.17) is 9.47 Å². The van der Waals surface area contributed by atoms with Crippen molar-refractivity contribution in [3.05, 3.63) is 23.8 Å². The number of carbonyl (C=O) groups excluding carboxylic acids is 2. The molecule has 4 rings (SSSR count). The lowest BCUT2D eigenvalue weighted by Crippen LogP contribution is -2.55. The van der Waals surface area contributed by atoms with Gasteiger partial charge in [0.15, 0.2) is 11.5 Å². The molecule has 1 atom stereocenters. The summed E-state index contributed by atoms with van der Waals surface area (Å²) in [6.45, 7) is 4.20. The van der Waals surface area contributed by atoms with E-state index in [-0.39, 0.29) is 31.2 Å².